The van der Waals surface area contributed by atoms with Crippen LogP contribution >= 0.6 is 0 Å². The Morgan fingerprint density at radius 3 is 2.26 bits per heavy atom. The van der Waals surface area contributed by atoms with Gasteiger partial charge in [0.1, 0.15) is 12.4 Å². The molecule has 4 heteroatoms. The molecule has 0 aliphatic heterocycles. The van der Waals surface area contributed by atoms with Crippen LogP contribution in [-0.2, 0) is 11.3 Å². The first-order chi connectivity index (χ1) is 9.30. The summed E-state index contributed by atoms with van der Waals surface area (Å²) in [5.74, 6) is 0.865. The minimum atomic E-state index is 0.564. The first-order valence-corrected chi connectivity index (χ1v) is 7.02. The van der Waals surface area contributed by atoms with Crippen molar-refractivity contribution in [3.05, 3.63) is 29.8 Å². The molecule has 0 spiro atoms. The molecule has 0 aliphatic rings. The smallest absolute Gasteiger partial charge is 0.119 e. The number of hydrogen-bond donors (Lipinski definition) is 1. The van der Waals surface area contributed by atoms with Crippen LogP contribution in [0, 0.1) is 0 Å². The maximum Gasteiger partial charge on any atom is 0.119 e. The van der Waals surface area contributed by atoms with Crippen molar-refractivity contribution < 1.29 is 9.47 Å². The van der Waals surface area contributed by atoms with E-state index in [0.717, 1.165) is 37.6 Å². The predicted octanol–water partition coefficient (Wildman–Crippen LogP) is 1.88. The molecule has 1 aromatic rings. The topological polar surface area (TPSA) is 47.7 Å². The molecular formula is C15H26N2O2. The molecule has 0 saturated carbocycles. The van der Waals surface area contributed by atoms with Crippen molar-refractivity contribution in [2.45, 2.75) is 20.4 Å². The van der Waals surface area contributed by atoms with E-state index in [1.165, 1.54) is 0 Å². The third-order valence-corrected chi connectivity index (χ3v) is 3.10. The van der Waals surface area contributed by atoms with Gasteiger partial charge in [0.25, 0.3) is 0 Å². The molecule has 0 atom stereocenters. The quantitative estimate of drug-likeness (QED) is 0.657. The largest absolute Gasteiger partial charge is 0.491 e. The van der Waals surface area contributed by atoms with Crippen molar-refractivity contribution in [2.75, 3.05) is 39.5 Å². The summed E-state index contributed by atoms with van der Waals surface area (Å²) < 4.78 is 11.1. The predicted molar refractivity (Wildman–Crippen MR) is 78.4 cm³/mol. The van der Waals surface area contributed by atoms with Crippen LogP contribution in [0.4, 0.5) is 0 Å². The van der Waals surface area contributed by atoms with E-state index in [4.69, 9.17) is 15.2 Å². The monoisotopic (exact) mass is 266 g/mol. The van der Waals surface area contributed by atoms with Crippen molar-refractivity contribution in [1.82, 2.24) is 4.90 Å². The molecule has 4 nitrogen and oxygen atoms in total. The van der Waals surface area contributed by atoms with Crippen LogP contribution in [0.1, 0.15) is 19.4 Å². The first-order valence-electron chi connectivity index (χ1n) is 7.02. The summed E-state index contributed by atoms with van der Waals surface area (Å²) in [6, 6.07) is 7.85. The summed E-state index contributed by atoms with van der Waals surface area (Å²) in [6.45, 7) is 9.99. The van der Waals surface area contributed by atoms with Gasteiger partial charge in [-0.15, -0.1) is 0 Å². The van der Waals surface area contributed by atoms with Crippen LogP contribution in [-0.4, -0.2) is 44.4 Å². The normalized spacial score (nSPS) is 10.9. The minimum Gasteiger partial charge on any atom is -0.491 e. The Balaban J connectivity index is 2.07. The van der Waals surface area contributed by atoms with E-state index in [1.54, 1.807) is 0 Å². The summed E-state index contributed by atoms with van der Waals surface area (Å²) in [7, 11) is 0. The lowest BCUT2D eigenvalue weighted by Crippen LogP contribution is -2.27. The Labute approximate surface area is 116 Å². The molecule has 0 amide bonds. The fourth-order valence-electron chi connectivity index (χ4n) is 1.78. The van der Waals surface area contributed by atoms with E-state index in [2.05, 4.69) is 18.7 Å². The summed E-state index contributed by atoms with van der Waals surface area (Å²) in [4.78, 5) is 2.34. The Bertz CT molecular complexity index is 323. The zero-order valence-electron chi connectivity index (χ0n) is 12.1. The van der Waals surface area contributed by atoms with Crippen molar-refractivity contribution >= 4 is 0 Å². The van der Waals surface area contributed by atoms with Gasteiger partial charge >= 0.3 is 0 Å². The van der Waals surface area contributed by atoms with E-state index >= 15 is 0 Å². The van der Waals surface area contributed by atoms with Gasteiger partial charge < -0.3 is 20.1 Å². The van der Waals surface area contributed by atoms with E-state index in [1.807, 2.05) is 24.3 Å². The molecule has 0 fully saturated rings. The minimum absolute atomic E-state index is 0.564. The zero-order chi connectivity index (χ0) is 13.9. The third kappa shape index (κ3) is 6.57. The highest BCUT2D eigenvalue weighted by Gasteiger charge is 1.98. The zero-order valence-corrected chi connectivity index (χ0v) is 12.1. The number of nitrogens with zero attached hydrogens (tertiary/aromatic N) is 1. The van der Waals surface area contributed by atoms with Crippen LogP contribution < -0.4 is 10.5 Å². The highest BCUT2D eigenvalue weighted by atomic mass is 16.5. The molecule has 1 aromatic carbocycles. The molecule has 19 heavy (non-hydrogen) atoms. The molecular weight excluding hydrogens is 240 g/mol. The molecule has 0 radical (unpaired) electrons. The van der Waals surface area contributed by atoms with Gasteiger partial charge in [0.2, 0.25) is 0 Å². The number of benzene rings is 1. The SMILES string of the molecule is CCN(CC)CCOCCOc1ccc(CN)cc1. The maximum absolute atomic E-state index is 5.59. The number of likely N-dealkylation sites (N-methyl/N-ethyl adjacent to an activating group) is 1. The summed E-state index contributed by atoms with van der Waals surface area (Å²) in [5.41, 5.74) is 6.65. The van der Waals surface area contributed by atoms with E-state index in [0.29, 0.717) is 19.8 Å². The van der Waals surface area contributed by atoms with Gasteiger partial charge in [0.05, 0.1) is 13.2 Å². The molecule has 0 bridgehead atoms. The number of rotatable bonds is 10. The van der Waals surface area contributed by atoms with Gasteiger partial charge in [-0.1, -0.05) is 26.0 Å². The van der Waals surface area contributed by atoms with Gasteiger partial charge in [-0.05, 0) is 30.8 Å². The molecule has 0 heterocycles. The average Bonchev–Trinajstić information content (AvgIpc) is 2.47. The second kappa shape index (κ2) is 9.78. The van der Waals surface area contributed by atoms with Gasteiger partial charge in [0.15, 0.2) is 0 Å². The second-order valence-electron chi connectivity index (χ2n) is 4.34. The van der Waals surface area contributed by atoms with E-state index in [-0.39, 0.29) is 0 Å². The Morgan fingerprint density at radius 1 is 1.00 bits per heavy atom. The number of ether oxygens (including phenoxy) is 2. The summed E-state index contributed by atoms with van der Waals surface area (Å²) in [6.07, 6.45) is 0. The summed E-state index contributed by atoms with van der Waals surface area (Å²) in [5, 5.41) is 0. The second-order valence-corrected chi connectivity index (χ2v) is 4.34. The van der Waals surface area contributed by atoms with Crippen LogP contribution in [0.2, 0.25) is 0 Å². The lowest BCUT2D eigenvalue weighted by molar-refractivity contribution is 0.0819. The van der Waals surface area contributed by atoms with Crippen molar-refractivity contribution in [1.29, 1.82) is 0 Å². The van der Waals surface area contributed by atoms with Gasteiger partial charge in [-0.3, -0.25) is 0 Å². The lowest BCUT2D eigenvalue weighted by atomic mass is 10.2. The van der Waals surface area contributed by atoms with Gasteiger partial charge in [0, 0.05) is 13.1 Å². The molecule has 0 aromatic heterocycles. The Morgan fingerprint density at radius 2 is 1.68 bits per heavy atom. The third-order valence-electron chi connectivity index (χ3n) is 3.10. The van der Waals surface area contributed by atoms with Gasteiger partial charge in [-0.2, -0.15) is 0 Å². The average molecular weight is 266 g/mol. The molecule has 2 N–H and O–H groups in total. The first kappa shape index (κ1) is 16.0. The molecule has 0 aliphatic carbocycles. The highest BCUT2D eigenvalue weighted by molar-refractivity contribution is 5.26. The van der Waals surface area contributed by atoms with Crippen molar-refractivity contribution in [3.8, 4) is 5.75 Å². The van der Waals surface area contributed by atoms with Gasteiger partial charge in [-0.25, -0.2) is 0 Å². The molecule has 108 valence electrons. The van der Waals surface area contributed by atoms with Crippen LogP contribution in [0.15, 0.2) is 24.3 Å². The van der Waals surface area contributed by atoms with E-state index in [9.17, 15) is 0 Å². The van der Waals surface area contributed by atoms with Crippen molar-refractivity contribution in [3.63, 3.8) is 0 Å². The van der Waals surface area contributed by atoms with Crippen molar-refractivity contribution in [2.24, 2.45) is 5.73 Å². The summed E-state index contributed by atoms with van der Waals surface area (Å²) >= 11 is 0. The Hall–Kier alpha value is -1.10. The lowest BCUT2D eigenvalue weighted by Gasteiger charge is -2.17. The standard InChI is InChI=1S/C15H26N2O2/c1-3-17(4-2)9-10-18-11-12-19-15-7-5-14(13-16)6-8-15/h5-8H,3-4,9-13,16H2,1-2H3. The molecule has 0 saturated heterocycles. The maximum atomic E-state index is 5.59. The van der Waals surface area contributed by atoms with Crippen LogP contribution in [0.5, 0.6) is 5.75 Å². The molecule has 1 rings (SSSR count). The fourth-order valence-corrected chi connectivity index (χ4v) is 1.78. The van der Waals surface area contributed by atoms with Crippen LogP contribution in [0.3, 0.4) is 0 Å². The molecule has 0 unspecified atom stereocenters. The fraction of sp³-hybridized carbons (Fsp3) is 0.600. The number of hydrogen-bond acceptors (Lipinski definition) is 4. The Kier molecular flexibility index (Phi) is 8.21. The number of nitrogens with two attached hydrogens (primary N) is 1. The highest BCUT2D eigenvalue weighted by Crippen LogP contribution is 2.11. The van der Waals surface area contributed by atoms with Crippen LogP contribution in [0.25, 0.3) is 0 Å². The van der Waals surface area contributed by atoms with E-state index < -0.39 is 0 Å².